The van der Waals surface area contributed by atoms with E-state index in [1.54, 1.807) is 12.5 Å². The molecule has 2 rings (SSSR count). The van der Waals surface area contributed by atoms with Gasteiger partial charge in [0.25, 0.3) is 0 Å². The lowest BCUT2D eigenvalue weighted by Gasteiger charge is -2.20. The Bertz CT molecular complexity index is 291. The minimum Gasteiger partial charge on any atom is -0.472 e. The van der Waals surface area contributed by atoms with E-state index in [4.69, 9.17) is 4.42 Å². The third-order valence-corrected chi connectivity index (χ3v) is 3.62. The molecular weight excluding hydrogens is 212 g/mol. The summed E-state index contributed by atoms with van der Waals surface area (Å²) < 4.78 is 5.03. The predicted octanol–water partition coefficient (Wildman–Crippen LogP) is 2.49. The maximum absolute atomic E-state index is 5.03. The Morgan fingerprint density at radius 2 is 2.24 bits per heavy atom. The summed E-state index contributed by atoms with van der Waals surface area (Å²) in [4.78, 5) is 2.46. The number of hydrogen-bond donors (Lipinski definition) is 1. The van der Waals surface area contributed by atoms with Crippen molar-refractivity contribution in [3.8, 4) is 0 Å². The number of likely N-dealkylation sites (N-methyl/N-ethyl adjacent to an activating group) is 1. The molecule has 1 saturated carbocycles. The highest BCUT2D eigenvalue weighted by Gasteiger charge is 2.16. The van der Waals surface area contributed by atoms with Crippen LogP contribution < -0.4 is 5.32 Å². The maximum atomic E-state index is 5.03. The number of furan rings is 1. The zero-order valence-electron chi connectivity index (χ0n) is 10.8. The second-order valence-corrected chi connectivity index (χ2v) is 5.22. The van der Waals surface area contributed by atoms with Crippen molar-refractivity contribution in [3.05, 3.63) is 24.2 Å². The molecule has 0 atom stereocenters. The summed E-state index contributed by atoms with van der Waals surface area (Å²) in [5.41, 5.74) is 1.23. The molecule has 0 saturated heterocycles. The Hall–Kier alpha value is -0.800. The summed E-state index contributed by atoms with van der Waals surface area (Å²) in [7, 11) is 2.23. The lowest BCUT2D eigenvalue weighted by molar-refractivity contribution is 0.277. The van der Waals surface area contributed by atoms with Gasteiger partial charge in [-0.15, -0.1) is 0 Å². The van der Waals surface area contributed by atoms with E-state index < -0.39 is 0 Å². The zero-order chi connectivity index (χ0) is 11.9. The molecule has 3 nitrogen and oxygen atoms in total. The fourth-order valence-electron chi connectivity index (χ4n) is 2.62. The molecule has 1 fully saturated rings. The van der Waals surface area contributed by atoms with Gasteiger partial charge in [0, 0.05) is 31.7 Å². The van der Waals surface area contributed by atoms with Crippen LogP contribution in [0.25, 0.3) is 0 Å². The molecule has 1 aliphatic carbocycles. The van der Waals surface area contributed by atoms with Crippen molar-refractivity contribution in [2.45, 2.75) is 32.2 Å². The highest BCUT2D eigenvalue weighted by molar-refractivity contribution is 5.04. The predicted molar refractivity (Wildman–Crippen MR) is 69.9 cm³/mol. The Balaban J connectivity index is 1.52. The van der Waals surface area contributed by atoms with Gasteiger partial charge in [0.2, 0.25) is 0 Å². The summed E-state index contributed by atoms with van der Waals surface area (Å²) in [6.45, 7) is 4.36. The number of nitrogens with one attached hydrogen (secondary N) is 1. The topological polar surface area (TPSA) is 28.4 Å². The molecule has 0 unspecified atom stereocenters. The van der Waals surface area contributed by atoms with E-state index in [0.717, 1.165) is 25.6 Å². The van der Waals surface area contributed by atoms with Crippen molar-refractivity contribution in [2.24, 2.45) is 5.92 Å². The van der Waals surface area contributed by atoms with E-state index in [0.29, 0.717) is 0 Å². The molecule has 0 radical (unpaired) electrons. The second-order valence-electron chi connectivity index (χ2n) is 5.22. The highest BCUT2D eigenvalue weighted by Crippen LogP contribution is 2.24. The molecule has 0 spiro atoms. The van der Waals surface area contributed by atoms with Gasteiger partial charge < -0.3 is 14.6 Å². The zero-order valence-corrected chi connectivity index (χ0v) is 10.8. The van der Waals surface area contributed by atoms with Crippen molar-refractivity contribution < 1.29 is 4.42 Å². The summed E-state index contributed by atoms with van der Waals surface area (Å²) >= 11 is 0. The molecule has 0 bridgehead atoms. The molecule has 3 heteroatoms. The van der Waals surface area contributed by atoms with E-state index in [2.05, 4.69) is 17.3 Å². The first-order valence-electron chi connectivity index (χ1n) is 6.75. The van der Waals surface area contributed by atoms with Gasteiger partial charge in [0.1, 0.15) is 0 Å². The molecule has 0 amide bonds. The van der Waals surface area contributed by atoms with Crippen LogP contribution in [0.4, 0.5) is 0 Å². The van der Waals surface area contributed by atoms with Crippen molar-refractivity contribution in [1.29, 1.82) is 0 Å². The Kier molecular flexibility index (Phi) is 5.08. The monoisotopic (exact) mass is 236 g/mol. The van der Waals surface area contributed by atoms with Gasteiger partial charge in [-0.1, -0.05) is 12.8 Å². The third kappa shape index (κ3) is 4.52. The van der Waals surface area contributed by atoms with Crippen LogP contribution in [0.1, 0.15) is 31.2 Å². The largest absolute Gasteiger partial charge is 0.472 e. The molecule has 1 heterocycles. The molecule has 1 aromatic rings. The standard InChI is InChI=1S/C14H24N2O/c1-16(11-13-4-2-3-5-13)8-7-15-10-14-6-9-17-12-14/h6,9,12-13,15H,2-5,7-8,10-11H2,1H3. The second kappa shape index (κ2) is 6.82. The van der Waals surface area contributed by atoms with E-state index in [1.165, 1.54) is 37.8 Å². The summed E-state index contributed by atoms with van der Waals surface area (Å²) in [6.07, 6.45) is 9.28. The van der Waals surface area contributed by atoms with E-state index >= 15 is 0 Å². The number of hydrogen-bond acceptors (Lipinski definition) is 3. The van der Waals surface area contributed by atoms with Crippen LogP contribution in [-0.2, 0) is 6.54 Å². The average molecular weight is 236 g/mol. The van der Waals surface area contributed by atoms with Crippen LogP contribution in [0.15, 0.2) is 23.0 Å². The van der Waals surface area contributed by atoms with Crippen LogP contribution in [0.3, 0.4) is 0 Å². The van der Waals surface area contributed by atoms with Gasteiger partial charge in [0.05, 0.1) is 12.5 Å². The molecule has 1 N–H and O–H groups in total. The van der Waals surface area contributed by atoms with Crippen LogP contribution in [-0.4, -0.2) is 31.6 Å². The van der Waals surface area contributed by atoms with Crippen LogP contribution >= 0.6 is 0 Å². The summed E-state index contributed by atoms with van der Waals surface area (Å²) in [5.74, 6) is 0.953. The van der Waals surface area contributed by atoms with Crippen molar-refractivity contribution in [3.63, 3.8) is 0 Å². The third-order valence-electron chi connectivity index (χ3n) is 3.62. The van der Waals surface area contributed by atoms with Gasteiger partial charge in [-0.2, -0.15) is 0 Å². The lowest BCUT2D eigenvalue weighted by Crippen LogP contribution is -2.32. The first-order chi connectivity index (χ1) is 8.34. The normalized spacial score (nSPS) is 17.1. The highest BCUT2D eigenvalue weighted by atomic mass is 16.3. The molecule has 0 aromatic carbocycles. The van der Waals surface area contributed by atoms with E-state index in [9.17, 15) is 0 Å². The lowest BCUT2D eigenvalue weighted by atomic mass is 10.1. The smallest absolute Gasteiger partial charge is 0.0947 e. The van der Waals surface area contributed by atoms with Crippen molar-refractivity contribution >= 4 is 0 Å². The number of nitrogens with zero attached hydrogens (tertiary/aromatic N) is 1. The molecule has 1 aliphatic rings. The first kappa shape index (κ1) is 12.7. The summed E-state index contributed by atoms with van der Waals surface area (Å²) in [5, 5.41) is 3.44. The first-order valence-corrected chi connectivity index (χ1v) is 6.75. The van der Waals surface area contributed by atoms with Gasteiger partial charge in [-0.05, 0) is 31.9 Å². The fraction of sp³-hybridized carbons (Fsp3) is 0.714. The van der Waals surface area contributed by atoms with Crippen LogP contribution in [0, 0.1) is 5.92 Å². The Morgan fingerprint density at radius 1 is 1.41 bits per heavy atom. The number of rotatable bonds is 7. The molecule has 1 aromatic heterocycles. The minimum absolute atomic E-state index is 0.910. The average Bonchev–Trinajstić information content (AvgIpc) is 2.96. The molecular formula is C14H24N2O. The van der Waals surface area contributed by atoms with Crippen LogP contribution in [0.2, 0.25) is 0 Å². The van der Waals surface area contributed by atoms with Crippen molar-refractivity contribution in [1.82, 2.24) is 10.2 Å². The Labute approximate surface area is 104 Å². The Morgan fingerprint density at radius 3 is 2.94 bits per heavy atom. The minimum atomic E-state index is 0.910. The van der Waals surface area contributed by atoms with Gasteiger partial charge in [0.15, 0.2) is 0 Å². The molecule has 96 valence electrons. The van der Waals surface area contributed by atoms with Gasteiger partial charge in [-0.25, -0.2) is 0 Å². The fourth-order valence-corrected chi connectivity index (χ4v) is 2.62. The van der Waals surface area contributed by atoms with Crippen LogP contribution in [0.5, 0.6) is 0 Å². The van der Waals surface area contributed by atoms with Crippen molar-refractivity contribution in [2.75, 3.05) is 26.7 Å². The molecule has 0 aliphatic heterocycles. The van der Waals surface area contributed by atoms with Gasteiger partial charge >= 0.3 is 0 Å². The SMILES string of the molecule is CN(CCNCc1ccoc1)CC1CCCC1. The summed E-state index contributed by atoms with van der Waals surface area (Å²) in [6, 6.07) is 2.01. The quantitative estimate of drug-likeness (QED) is 0.737. The van der Waals surface area contributed by atoms with E-state index in [-0.39, 0.29) is 0 Å². The maximum Gasteiger partial charge on any atom is 0.0947 e. The van der Waals surface area contributed by atoms with Gasteiger partial charge in [-0.3, -0.25) is 0 Å². The van der Waals surface area contributed by atoms with E-state index in [1.807, 2.05) is 6.07 Å². The molecule has 17 heavy (non-hydrogen) atoms.